The third-order valence-corrected chi connectivity index (χ3v) is 6.75. The minimum atomic E-state index is -0.534. The number of aromatic nitrogens is 1. The number of hydrogen-bond donors (Lipinski definition) is 0. The van der Waals surface area contributed by atoms with Crippen molar-refractivity contribution in [1.29, 1.82) is 0 Å². The second kappa shape index (κ2) is 10.2. The van der Waals surface area contributed by atoms with Crippen molar-refractivity contribution in [1.82, 2.24) is 9.47 Å². The second-order valence-corrected chi connectivity index (χ2v) is 8.98. The number of nitrogens with zero attached hydrogens (tertiary/aromatic N) is 2. The number of ether oxygens (including phenoxy) is 1. The molecule has 0 saturated heterocycles. The number of rotatable bonds is 6. The van der Waals surface area contributed by atoms with Crippen LogP contribution in [0.15, 0.2) is 65.3 Å². The van der Waals surface area contributed by atoms with Crippen molar-refractivity contribution in [3.8, 4) is 16.9 Å². The van der Waals surface area contributed by atoms with Gasteiger partial charge in [0.15, 0.2) is 0 Å². The summed E-state index contributed by atoms with van der Waals surface area (Å²) < 4.78 is 36.2. The summed E-state index contributed by atoms with van der Waals surface area (Å²) in [4.78, 5) is 14.3. The molecule has 0 N–H and O–H groups in total. The predicted octanol–water partition coefficient (Wildman–Crippen LogP) is 7.89. The van der Waals surface area contributed by atoms with E-state index in [0.29, 0.717) is 36.5 Å². The van der Waals surface area contributed by atoms with Crippen molar-refractivity contribution in [2.24, 2.45) is 0 Å². The van der Waals surface area contributed by atoms with Crippen LogP contribution in [0.1, 0.15) is 19.4 Å². The van der Waals surface area contributed by atoms with E-state index in [1.54, 1.807) is 23.1 Å². The Bertz CT molecular complexity index is 1370. The average molecular weight is 548 g/mol. The Morgan fingerprint density at radius 2 is 1.82 bits per heavy atom. The van der Waals surface area contributed by atoms with Gasteiger partial charge in [-0.25, -0.2) is 13.6 Å². The smallest absolute Gasteiger partial charge is 0.410 e. The van der Waals surface area contributed by atoms with Crippen molar-refractivity contribution in [2.75, 3.05) is 13.1 Å². The van der Waals surface area contributed by atoms with E-state index in [0.717, 1.165) is 20.9 Å². The van der Waals surface area contributed by atoms with Gasteiger partial charge in [0.2, 0.25) is 0 Å². The molecule has 0 bridgehead atoms. The highest BCUT2D eigenvalue weighted by Gasteiger charge is 2.20. The van der Waals surface area contributed by atoms with Gasteiger partial charge in [-0.05, 0) is 73.5 Å². The normalized spacial score (nSPS) is 11.1. The third-order valence-electron chi connectivity index (χ3n) is 5.69. The van der Waals surface area contributed by atoms with Gasteiger partial charge in [-0.2, -0.15) is 0 Å². The molecule has 0 unspecified atom stereocenters. The molecule has 0 aliphatic rings. The van der Waals surface area contributed by atoms with Crippen LogP contribution in [-0.4, -0.2) is 28.6 Å². The minimum Gasteiger partial charge on any atom is -0.410 e. The molecule has 4 aromatic rings. The zero-order chi connectivity index (χ0) is 24.4. The molecule has 8 heteroatoms. The topological polar surface area (TPSA) is 34.5 Å². The molecule has 3 aromatic carbocycles. The molecule has 1 amide bonds. The van der Waals surface area contributed by atoms with Crippen LogP contribution in [0, 0.1) is 11.6 Å². The lowest BCUT2D eigenvalue weighted by Crippen LogP contribution is -2.33. The number of benzene rings is 3. The molecule has 0 radical (unpaired) electrons. The molecule has 0 aliphatic heterocycles. The summed E-state index contributed by atoms with van der Waals surface area (Å²) >= 11 is 9.56. The highest BCUT2D eigenvalue weighted by atomic mass is 79.9. The van der Waals surface area contributed by atoms with Gasteiger partial charge in [0.1, 0.15) is 17.4 Å². The largest absolute Gasteiger partial charge is 0.415 e. The SMILES string of the molecule is CCN(CC)C(=O)Oc1ccc2c(ccn2Cc2cc(F)ccc2Br)c1-c1ccc(F)c(Cl)c1. The number of carbonyl (C=O) groups is 1. The molecule has 1 aromatic heterocycles. The summed E-state index contributed by atoms with van der Waals surface area (Å²) in [5.74, 6) is -0.508. The minimum absolute atomic E-state index is 0.0290. The lowest BCUT2D eigenvalue weighted by atomic mass is 10.0. The van der Waals surface area contributed by atoms with Crippen LogP contribution in [0.25, 0.3) is 22.0 Å². The molecule has 0 fully saturated rings. The van der Waals surface area contributed by atoms with Crippen LogP contribution in [0.5, 0.6) is 5.75 Å². The van der Waals surface area contributed by atoms with Crippen LogP contribution in [0.3, 0.4) is 0 Å². The standard InChI is InChI=1S/C26H22BrClF2N2O2/c1-3-31(4-2)26(33)34-24-10-9-23-19(25(24)16-5-8-22(30)21(28)14-16)11-12-32(23)15-17-13-18(29)6-7-20(17)27/h5-14H,3-4,15H2,1-2H3. The number of amides is 1. The summed E-state index contributed by atoms with van der Waals surface area (Å²) in [6, 6.07) is 14.4. The molecule has 0 spiro atoms. The third kappa shape index (κ3) is 4.81. The molecule has 4 rings (SSSR count). The number of halogens is 4. The summed E-state index contributed by atoms with van der Waals surface area (Å²) in [7, 11) is 0. The number of fused-ring (bicyclic) bond motifs is 1. The van der Waals surface area contributed by atoms with Gasteiger partial charge in [-0.15, -0.1) is 0 Å². The highest BCUT2D eigenvalue weighted by molar-refractivity contribution is 9.10. The molecule has 176 valence electrons. The number of carbonyl (C=O) groups excluding carboxylic acids is 1. The van der Waals surface area contributed by atoms with Crippen molar-refractivity contribution in [3.05, 3.63) is 87.5 Å². The fourth-order valence-electron chi connectivity index (χ4n) is 3.91. The van der Waals surface area contributed by atoms with Crippen molar-refractivity contribution >= 4 is 44.5 Å². The summed E-state index contributed by atoms with van der Waals surface area (Å²) in [5.41, 5.74) is 2.86. The molecule has 1 heterocycles. The van der Waals surface area contributed by atoms with Crippen LogP contribution < -0.4 is 4.74 Å². The molecule has 4 nitrogen and oxygen atoms in total. The van der Waals surface area contributed by atoms with Gasteiger partial charge in [0.25, 0.3) is 0 Å². The van der Waals surface area contributed by atoms with E-state index in [1.165, 1.54) is 24.3 Å². The quantitative estimate of drug-likeness (QED) is 0.246. The second-order valence-electron chi connectivity index (χ2n) is 7.72. The van der Waals surface area contributed by atoms with Gasteiger partial charge >= 0.3 is 6.09 Å². The monoisotopic (exact) mass is 546 g/mol. The van der Waals surface area contributed by atoms with Crippen LogP contribution in [0.2, 0.25) is 5.02 Å². The maximum absolute atomic E-state index is 13.9. The van der Waals surface area contributed by atoms with Gasteiger partial charge in [0.05, 0.1) is 5.02 Å². The maximum Gasteiger partial charge on any atom is 0.415 e. The maximum atomic E-state index is 13.9. The van der Waals surface area contributed by atoms with Gasteiger partial charge in [0, 0.05) is 46.8 Å². The van der Waals surface area contributed by atoms with E-state index in [2.05, 4.69) is 15.9 Å². The predicted molar refractivity (Wildman–Crippen MR) is 134 cm³/mol. The summed E-state index contributed by atoms with van der Waals surface area (Å²) in [6.45, 7) is 5.19. The first-order chi connectivity index (χ1) is 16.3. The first kappa shape index (κ1) is 24.2. The Morgan fingerprint density at radius 1 is 1.06 bits per heavy atom. The Morgan fingerprint density at radius 3 is 2.53 bits per heavy atom. The fourth-order valence-corrected chi connectivity index (χ4v) is 4.47. The Kier molecular flexibility index (Phi) is 7.24. The van der Waals surface area contributed by atoms with Gasteiger partial charge < -0.3 is 14.2 Å². The molecule has 0 atom stereocenters. The molecule has 34 heavy (non-hydrogen) atoms. The van der Waals surface area contributed by atoms with Crippen LogP contribution in [-0.2, 0) is 6.54 Å². The Labute approximate surface area is 209 Å². The van der Waals surface area contributed by atoms with E-state index in [9.17, 15) is 13.6 Å². The number of hydrogen-bond acceptors (Lipinski definition) is 2. The van der Waals surface area contributed by atoms with Crippen molar-refractivity contribution < 1.29 is 18.3 Å². The summed E-state index contributed by atoms with van der Waals surface area (Å²) in [6.07, 6.45) is 1.41. The average Bonchev–Trinajstić information content (AvgIpc) is 3.21. The van der Waals surface area contributed by atoms with E-state index in [1.807, 2.05) is 36.7 Å². The van der Waals surface area contributed by atoms with E-state index in [4.69, 9.17) is 16.3 Å². The van der Waals surface area contributed by atoms with Gasteiger partial charge in [-0.1, -0.05) is 33.6 Å². The first-order valence-electron chi connectivity index (χ1n) is 10.8. The van der Waals surface area contributed by atoms with Crippen molar-refractivity contribution in [3.63, 3.8) is 0 Å². The van der Waals surface area contributed by atoms with Crippen LogP contribution in [0.4, 0.5) is 13.6 Å². The molecule has 0 saturated carbocycles. The highest BCUT2D eigenvalue weighted by Crippen LogP contribution is 2.39. The Balaban J connectivity index is 1.85. The zero-order valence-corrected chi connectivity index (χ0v) is 21.0. The van der Waals surface area contributed by atoms with E-state index in [-0.39, 0.29) is 10.8 Å². The van der Waals surface area contributed by atoms with Gasteiger partial charge in [-0.3, -0.25) is 0 Å². The fraction of sp³-hybridized carbons (Fsp3) is 0.192. The molecular weight excluding hydrogens is 526 g/mol. The van der Waals surface area contributed by atoms with E-state index >= 15 is 0 Å². The lowest BCUT2D eigenvalue weighted by Gasteiger charge is -2.20. The van der Waals surface area contributed by atoms with E-state index < -0.39 is 11.9 Å². The zero-order valence-electron chi connectivity index (χ0n) is 18.6. The van der Waals surface area contributed by atoms with Crippen molar-refractivity contribution in [2.45, 2.75) is 20.4 Å². The Hall–Kier alpha value is -2.90. The summed E-state index contributed by atoms with van der Waals surface area (Å²) in [5, 5.41) is 0.763. The first-order valence-corrected chi connectivity index (χ1v) is 12.0. The molecular formula is C26H22BrClF2N2O2. The molecule has 0 aliphatic carbocycles. The van der Waals surface area contributed by atoms with Crippen LogP contribution >= 0.6 is 27.5 Å². The lowest BCUT2D eigenvalue weighted by molar-refractivity contribution is 0.157.